The Morgan fingerprint density at radius 2 is 1.90 bits per heavy atom. The Kier molecular flexibility index (Phi) is 4.37. The van der Waals surface area contributed by atoms with Crippen LogP contribution in [0.4, 0.5) is 0 Å². The molecule has 0 aromatic carbocycles. The maximum Gasteiger partial charge on any atom is 0.306 e. The molecule has 5 nitrogen and oxygen atoms in total. The molecule has 4 unspecified atom stereocenters. The van der Waals surface area contributed by atoms with Gasteiger partial charge < -0.3 is 15.2 Å². The molecule has 114 valence electrons. The van der Waals surface area contributed by atoms with Crippen molar-refractivity contribution in [2.24, 2.45) is 17.3 Å². The van der Waals surface area contributed by atoms with E-state index in [0.717, 1.165) is 6.42 Å². The summed E-state index contributed by atoms with van der Waals surface area (Å²) in [5.74, 6) is -1.25. The lowest BCUT2D eigenvalue weighted by molar-refractivity contribution is -0.142. The van der Waals surface area contributed by atoms with Gasteiger partial charge in [0, 0.05) is 24.0 Å². The minimum Gasteiger partial charge on any atom is -0.481 e. The van der Waals surface area contributed by atoms with E-state index in [1.807, 2.05) is 6.92 Å². The van der Waals surface area contributed by atoms with Crippen LogP contribution in [0.5, 0.6) is 0 Å². The van der Waals surface area contributed by atoms with Crippen molar-refractivity contribution in [3.05, 3.63) is 0 Å². The van der Waals surface area contributed by atoms with Crippen LogP contribution in [0, 0.1) is 17.3 Å². The van der Waals surface area contributed by atoms with Gasteiger partial charge in [-0.15, -0.1) is 0 Å². The van der Waals surface area contributed by atoms with Crippen molar-refractivity contribution in [3.8, 4) is 0 Å². The Bertz CT molecular complexity index is 393. The second-order valence-corrected chi connectivity index (χ2v) is 6.61. The maximum atomic E-state index is 12.2. The first-order valence-corrected chi connectivity index (χ1v) is 7.51. The highest BCUT2D eigenvalue weighted by Crippen LogP contribution is 2.43. The average molecular weight is 283 g/mol. The van der Waals surface area contributed by atoms with E-state index in [1.165, 1.54) is 0 Å². The van der Waals surface area contributed by atoms with E-state index >= 15 is 0 Å². The number of hydrogen-bond acceptors (Lipinski definition) is 3. The molecule has 0 aromatic heterocycles. The second kappa shape index (κ2) is 5.72. The standard InChI is InChI=1S/C15H25NO4/c1-4-20-12-8-11(15(12,2)3)16-13(17)9-5-6-10(7-9)14(18)19/h9-12H,4-8H2,1-3H3,(H,16,17)(H,18,19). The van der Waals surface area contributed by atoms with Gasteiger partial charge in [0.2, 0.25) is 5.91 Å². The number of aliphatic carboxylic acids is 1. The lowest BCUT2D eigenvalue weighted by Crippen LogP contribution is -2.62. The first kappa shape index (κ1) is 15.3. The van der Waals surface area contributed by atoms with Crippen molar-refractivity contribution < 1.29 is 19.4 Å². The van der Waals surface area contributed by atoms with Gasteiger partial charge >= 0.3 is 5.97 Å². The largest absolute Gasteiger partial charge is 0.481 e. The Morgan fingerprint density at radius 3 is 2.40 bits per heavy atom. The first-order chi connectivity index (χ1) is 9.36. The highest BCUT2D eigenvalue weighted by Gasteiger charge is 2.50. The average Bonchev–Trinajstić information content (AvgIpc) is 2.87. The second-order valence-electron chi connectivity index (χ2n) is 6.61. The minimum atomic E-state index is -0.777. The van der Waals surface area contributed by atoms with Crippen molar-refractivity contribution in [1.29, 1.82) is 0 Å². The number of carboxylic acid groups (broad SMARTS) is 1. The smallest absolute Gasteiger partial charge is 0.306 e. The molecule has 0 aromatic rings. The van der Waals surface area contributed by atoms with Gasteiger partial charge in [-0.05, 0) is 32.6 Å². The van der Waals surface area contributed by atoms with Crippen LogP contribution >= 0.6 is 0 Å². The molecule has 20 heavy (non-hydrogen) atoms. The highest BCUT2D eigenvalue weighted by atomic mass is 16.5. The summed E-state index contributed by atoms with van der Waals surface area (Å²) in [5.41, 5.74) is -0.0452. The first-order valence-electron chi connectivity index (χ1n) is 7.51. The van der Waals surface area contributed by atoms with Crippen LogP contribution in [0.1, 0.15) is 46.5 Å². The molecule has 0 heterocycles. The van der Waals surface area contributed by atoms with E-state index < -0.39 is 5.97 Å². The van der Waals surface area contributed by atoms with Crippen LogP contribution in [-0.4, -0.2) is 35.7 Å². The predicted molar refractivity (Wildman–Crippen MR) is 74.2 cm³/mol. The molecule has 2 saturated carbocycles. The van der Waals surface area contributed by atoms with Crippen molar-refractivity contribution in [3.63, 3.8) is 0 Å². The van der Waals surface area contributed by atoms with Gasteiger partial charge in [0.05, 0.1) is 12.0 Å². The maximum absolute atomic E-state index is 12.2. The number of rotatable bonds is 5. The molecule has 2 fully saturated rings. The Hall–Kier alpha value is -1.10. The summed E-state index contributed by atoms with van der Waals surface area (Å²) in [6.45, 7) is 6.89. The molecule has 1 amide bonds. The molecule has 2 N–H and O–H groups in total. The highest BCUT2D eigenvalue weighted by molar-refractivity contribution is 5.81. The fraction of sp³-hybridized carbons (Fsp3) is 0.867. The molecule has 0 radical (unpaired) electrons. The Morgan fingerprint density at radius 1 is 1.25 bits per heavy atom. The summed E-state index contributed by atoms with van der Waals surface area (Å²) in [4.78, 5) is 23.2. The molecular weight excluding hydrogens is 258 g/mol. The van der Waals surface area contributed by atoms with Gasteiger partial charge in [0.25, 0.3) is 0 Å². The normalized spacial score (nSPS) is 35.4. The number of carbonyl (C=O) groups excluding carboxylic acids is 1. The van der Waals surface area contributed by atoms with E-state index in [0.29, 0.717) is 25.9 Å². The molecular formula is C15H25NO4. The van der Waals surface area contributed by atoms with Gasteiger partial charge in [0.1, 0.15) is 0 Å². The fourth-order valence-electron chi connectivity index (χ4n) is 3.35. The summed E-state index contributed by atoms with van der Waals surface area (Å²) in [6, 6.07) is 0.135. The van der Waals surface area contributed by atoms with E-state index in [1.54, 1.807) is 0 Å². The summed E-state index contributed by atoms with van der Waals surface area (Å²) >= 11 is 0. The number of amides is 1. The summed E-state index contributed by atoms with van der Waals surface area (Å²) < 4.78 is 5.65. The molecule has 0 aliphatic heterocycles. The molecule has 2 aliphatic rings. The van der Waals surface area contributed by atoms with E-state index in [9.17, 15) is 9.59 Å². The number of carboxylic acids is 1. The minimum absolute atomic E-state index is 0.0155. The number of hydrogen-bond donors (Lipinski definition) is 2. The van der Waals surface area contributed by atoms with Gasteiger partial charge in [-0.1, -0.05) is 13.8 Å². The lowest BCUT2D eigenvalue weighted by Gasteiger charge is -2.51. The fourth-order valence-corrected chi connectivity index (χ4v) is 3.35. The van der Waals surface area contributed by atoms with E-state index in [2.05, 4.69) is 19.2 Å². The zero-order valence-corrected chi connectivity index (χ0v) is 12.5. The molecule has 4 atom stereocenters. The van der Waals surface area contributed by atoms with Crippen molar-refractivity contribution >= 4 is 11.9 Å². The number of ether oxygens (including phenoxy) is 1. The third kappa shape index (κ3) is 2.82. The van der Waals surface area contributed by atoms with Crippen LogP contribution in [0.25, 0.3) is 0 Å². The van der Waals surface area contributed by atoms with E-state index in [4.69, 9.17) is 9.84 Å². The number of nitrogens with one attached hydrogen (secondary N) is 1. The monoisotopic (exact) mass is 283 g/mol. The van der Waals surface area contributed by atoms with Crippen LogP contribution in [0.2, 0.25) is 0 Å². The topological polar surface area (TPSA) is 75.6 Å². The van der Waals surface area contributed by atoms with Crippen LogP contribution < -0.4 is 5.32 Å². The van der Waals surface area contributed by atoms with E-state index in [-0.39, 0.29) is 35.3 Å². The van der Waals surface area contributed by atoms with Gasteiger partial charge in [0.15, 0.2) is 0 Å². The quantitative estimate of drug-likeness (QED) is 0.807. The summed E-state index contributed by atoms with van der Waals surface area (Å²) in [6.07, 6.45) is 2.83. The van der Waals surface area contributed by atoms with Gasteiger partial charge in [-0.3, -0.25) is 9.59 Å². The van der Waals surface area contributed by atoms with Crippen molar-refractivity contribution in [2.45, 2.75) is 58.6 Å². The van der Waals surface area contributed by atoms with Crippen LogP contribution in [0.15, 0.2) is 0 Å². The number of carbonyl (C=O) groups is 2. The molecule has 0 bridgehead atoms. The molecule has 2 rings (SSSR count). The molecule has 0 saturated heterocycles. The third-order valence-corrected chi connectivity index (χ3v) is 5.01. The predicted octanol–water partition coefficient (Wildman–Crippen LogP) is 1.81. The van der Waals surface area contributed by atoms with Crippen LogP contribution in [0.3, 0.4) is 0 Å². The molecule has 5 heteroatoms. The molecule has 0 spiro atoms. The van der Waals surface area contributed by atoms with Crippen molar-refractivity contribution in [2.75, 3.05) is 6.61 Å². The lowest BCUT2D eigenvalue weighted by atomic mass is 9.64. The molecule has 2 aliphatic carbocycles. The van der Waals surface area contributed by atoms with Gasteiger partial charge in [-0.25, -0.2) is 0 Å². The Balaban J connectivity index is 1.83. The zero-order chi connectivity index (χ0) is 14.9. The van der Waals surface area contributed by atoms with Crippen LogP contribution in [-0.2, 0) is 14.3 Å². The summed E-state index contributed by atoms with van der Waals surface area (Å²) in [5, 5.41) is 12.1. The SMILES string of the molecule is CCOC1CC(NC(=O)C2CCC(C(=O)O)C2)C1(C)C. The summed E-state index contributed by atoms with van der Waals surface area (Å²) in [7, 11) is 0. The van der Waals surface area contributed by atoms with Gasteiger partial charge in [-0.2, -0.15) is 0 Å². The Labute approximate surface area is 120 Å². The third-order valence-electron chi connectivity index (χ3n) is 5.01. The zero-order valence-electron chi connectivity index (χ0n) is 12.5. The van der Waals surface area contributed by atoms with Crippen molar-refractivity contribution in [1.82, 2.24) is 5.32 Å².